The van der Waals surface area contributed by atoms with E-state index in [1.54, 1.807) is 0 Å². The molecule has 0 bridgehead atoms. The molecule has 0 aromatic heterocycles. The van der Waals surface area contributed by atoms with Crippen LogP contribution < -0.4 is 0 Å². The van der Waals surface area contributed by atoms with Crippen molar-refractivity contribution in [3.05, 3.63) is 0 Å². The lowest BCUT2D eigenvalue weighted by Gasteiger charge is -2.24. The lowest BCUT2D eigenvalue weighted by molar-refractivity contribution is 0.0124. The van der Waals surface area contributed by atoms with Crippen LogP contribution >= 0.6 is 0 Å². The van der Waals surface area contributed by atoms with Crippen LogP contribution in [0.1, 0.15) is 32.6 Å². The highest BCUT2D eigenvalue weighted by Crippen LogP contribution is 2.21. The molecule has 1 aliphatic rings. The van der Waals surface area contributed by atoms with Crippen LogP contribution in [0.4, 0.5) is 0 Å². The number of ether oxygens (including phenoxy) is 1. The first-order valence-corrected chi connectivity index (χ1v) is 4.38. The van der Waals surface area contributed by atoms with Crippen LogP contribution in [0.25, 0.3) is 0 Å². The van der Waals surface area contributed by atoms with E-state index in [1.165, 1.54) is 19.3 Å². The molecule has 2 heteroatoms. The normalized spacial score (nSPS) is 31.3. The van der Waals surface area contributed by atoms with E-state index in [1.807, 2.05) is 0 Å². The summed E-state index contributed by atoms with van der Waals surface area (Å²) in [5.74, 6) is 0.713. The van der Waals surface area contributed by atoms with E-state index >= 15 is 0 Å². The van der Waals surface area contributed by atoms with E-state index in [0.717, 1.165) is 13.0 Å². The maximum absolute atomic E-state index is 8.53. The molecule has 2 unspecified atom stereocenters. The van der Waals surface area contributed by atoms with Gasteiger partial charge >= 0.3 is 0 Å². The SMILES string of the molecule is CCCC1CCC(C#N)OC1. The first kappa shape index (κ1) is 8.55. The minimum Gasteiger partial charge on any atom is -0.363 e. The van der Waals surface area contributed by atoms with Gasteiger partial charge in [0, 0.05) is 0 Å². The van der Waals surface area contributed by atoms with Crippen LogP contribution in [0.3, 0.4) is 0 Å². The molecule has 11 heavy (non-hydrogen) atoms. The second kappa shape index (κ2) is 4.35. The van der Waals surface area contributed by atoms with Gasteiger partial charge in [-0.25, -0.2) is 0 Å². The predicted octanol–water partition coefficient (Wildman–Crippen LogP) is 2.11. The molecule has 0 aromatic carbocycles. The Balaban J connectivity index is 2.20. The third-order valence-corrected chi connectivity index (χ3v) is 2.21. The molecular weight excluding hydrogens is 138 g/mol. The minimum absolute atomic E-state index is 0.122. The molecule has 0 aliphatic carbocycles. The van der Waals surface area contributed by atoms with E-state index in [0.29, 0.717) is 5.92 Å². The Hall–Kier alpha value is -0.550. The molecule has 0 radical (unpaired) electrons. The van der Waals surface area contributed by atoms with Gasteiger partial charge in [-0.05, 0) is 25.2 Å². The number of hydrogen-bond acceptors (Lipinski definition) is 2. The molecule has 1 saturated heterocycles. The van der Waals surface area contributed by atoms with Crippen LogP contribution in [0.15, 0.2) is 0 Å². The van der Waals surface area contributed by atoms with Crippen molar-refractivity contribution >= 4 is 0 Å². The number of nitrogens with zero attached hydrogens (tertiary/aromatic N) is 1. The van der Waals surface area contributed by atoms with E-state index in [2.05, 4.69) is 13.0 Å². The van der Waals surface area contributed by atoms with Crippen LogP contribution in [-0.4, -0.2) is 12.7 Å². The van der Waals surface area contributed by atoms with Crippen molar-refractivity contribution in [2.75, 3.05) is 6.61 Å². The molecule has 2 atom stereocenters. The monoisotopic (exact) mass is 153 g/mol. The topological polar surface area (TPSA) is 33.0 Å². The average molecular weight is 153 g/mol. The first-order chi connectivity index (χ1) is 5.36. The second-order valence-electron chi connectivity index (χ2n) is 3.18. The summed E-state index contributed by atoms with van der Waals surface area (Å²) < 4.78 is 5.33. The van der Waals surface area contributed by atoms with E-state index in [-0.39, 0.29) is 6.10 Å². The molecule has 2 nitrogen and oxygen atoms in total. The van der Waals surface area contributed by atoms with Gasteiger partial charge in [-0.15, -0.1) is 0 Å². The first-order valence-electron chi connectivity index (χ1n) is 4.38. The van der Waals surface area contributed by atoms with Gasteiger partial charge in [-0.3, -0.25) is 0 Å². The van der Waals surface area contributed by atoms with Gasteiger partial charge in [0.25, 0.3) is 0 Å². The van der Waals surface area contributed by atoms with Crippen molar-refractivity contribution in [3.63, 3.8) is 0 Å². The highest BCUT2D eigenvalue weighted by atomic mass is 16.5. The Morgan fingerprint density at radius 3 is 2.82 bits per heavy atom. The minimum atomic E-state index is -0.122. The van der Waals surface area contributed by atoms with Gasteiger partial charge in [-0.2, -0.15) is 5.26 Å². The van der Waals surface area contributed by atoms with Gasteiger partial charge in [0.05, 0.1) is 12.7 Å². The Morgan fingerprint density at radius 2 is 2.36 bits per heavy atom. The molecule has 1 heterocycles. The Labute approximate surface area is 68.2 Å². The zero-order chi connectivity index (χ0) is 8.10. The van der Waals surface area contributed by atoms with Gasteiger partial charge in [0.15, 0.2) is 0 Å². The number of nitriles is 1. The van der Waals surface area contributed by atoms with Gasteiger partial charge in [0.1, 0.15) is 6.10 Å². The average Bonchev–Trinajstić information content (AvgIpc) is 2.07. The highest BCUT2D eigenvalue weighted by Gasteiger charge is 2.19. The molecule has 0 spiro atoms. The number of rotatable bonds is 2. The summed E-state index contributed by atoms with van der Waals surface area (Å²) in [6.45, 7) is 2.99. The highest BCUT2D eigenvalue weighted by molar-refractivity contribution is 4.87. The smallest absolute Gasteiger partial charge is 0.144 e. The summed E-state index contributed by atoms with van der Waals surface area (Å²) in [6, 6.07) is 2.14. The number of hydrogen-bond donors (Lipinski definition) is 0. The fraction of sp³-hybridized carbons (Fsp3) is 0.889. The predicted molar refractivity (Wildman–Crippen MR) is 43.0 cm³/mol. The molecule has 1 aliphatic heterocycles. The Morgan fingerprint density at radius 1 is 1.55 bits per heavy atom. The van der Waals surface area contributed by atoms with Crippen LogP contribution in [0.5, 0.6) is 0 Å². The van der Waals surface area contributed by atoms with Crippen molar-refractivity contribution in [3.8, 4) is 6.07 Å². The summed E-state index contributed by atoms with van der Waals surface area (Å²) >= 11 is 0. The van der Waals surface area contributed by atoms with Crippen LogP contribution in [-0.2, 0) is 4.74 Å². The fourth-order valence-electron chi connectivity index (χ4n) is 1.54. The summed E-state index contributed by atoms with van der Waals surface area (Å²) in [5.41, 5.74) is 0. The molecule has 0 amide bonds. The van der Waals surface area contributed by atoms with Crippen molar-refractivity contribution in [2.24, 2.45) is 5.92 Å². The molecule has 0 N–H and O–H groups in total. The summed E-state index contributed by atoms with van der Waals surface area (Å²) in [4.78, 5) is 0. The lowest BCUT2D eigenvalue weighted by Crippen LogP contribution is -2.24. The third kappa shape index (κ3) is 2.51. The maximum Gasteiger partial charge on any atom is 0.144 e. The van der Waals surface area contributed by atoms with E-state index < -0.39 is 0 Å². The maximum atomic E-state index is 8.53. The fourth-order valence-corrected chi connectivity index (χ4v) is 1.54. The van der Waals surface area contributed by atoms with Crippen LogP contribution in [0, 0.1) is 17.2 Å². The van der Waals surface area contributed by atoms with Gasteiger partial charge < -0.3 is 4.74 Å². The second-order valence-corrected chi connectivity index (χ2v) is 3.18. The molecule has 1 rings (SSSR count). The molecule has 0 aromatic rings. The van der Waals surface area contributed by atoms with E-state index in [4.69, 9.17) is 10.00 Å². The van der Waals surface area contributed by atoms with Crippen molar-refractivity contribution in [1.29, 1.82) is 5.26 Å². The van der Waals surface area contributed by atoms with Crippen molar-refractivity contribution < 1.29 is 4.74 Å². The molecule has 62 valence electrons. The zero-order valence-corrected chi connectivity index (χ0v) is 7.05. The Bertz CT molecular complexity index is 142. The summed E-state index contributed by atoms with van der Waals surface area (Å²) in [7, 11) is 0. The van der Waals surface area contributed by atoms with Crippen molar-refractivity contribution in [1.82, 2.24) is 0 Å². The quantitative estimate of drug-likeness (QED) is 0.608. The summed E-state index contributed by atoms with van der Waals surface area (Å²) in [6.07, 6.45) is 4.46. The van der Waals surface area contributed by atoms with Gasteiger partial charge in [-0.1, -0.05) is 13.3 Å². The lowest BCUT2D eigenvalue weighted by atomic mass is 9.95. The molecule has 1 fully saturated rings. The Kier molecular flexibility index (Phi) is 3.38. The van der Waals surface area contributed by atoms with Crippen molar-refractivity contribution in [2.45, 2.75) is 38.7 Å². The standard InChI is InChI=1S/C9H15NO/c1-2-3-8-4-5-9(6-10)11-7-8/h8-9H,2-5,7H2,1H3. The largest absolute Gasteiger partial charge is 0.363 e. The molecular formula is C9H15NO. The van der Waals surface area contributed by atoms with E-state index in [9.17, 15) is 0 Å². The summed E-state index contributed by atoms with van der Waals surface area (Å²) in [5, 5.41) is 8.53. The van der Waals surface area contributed by atoms with Gasteiger partial charge in [0.2, 0.25) is 0 Å². The van der Waals surface area contributed by atoms with Crippen LogP contribution in [0.2, 0.25) is 0 Å². The molecule has 0 saturated carbocycles. The third-order valence-electron chi connectivity index (χ3n) is 2.21. The zero-order valence-electron chi connectivity index (χ0n) is 7.05.